The second-order valence-corrected chi connectivity index (χ2v) is 6.64. The summed E-state index contributed by atoms with van der Waals surface area (Å²) in [5, 5.41) is 19.3. The van der Waals surface area contributed by atoms with Crippen molar-refractivity contribution in [2.45, 2.75) is 0 Å². The fourth-order valence-corrected chi connectivity index (χ4v) is 3.47. The molecule has 27 heavy (non-hydrogen) atoms. The third kappa shape index (κ3) is 4.09. The maximum absolute atomic E-state index is 12.7. The lowest BCUT2D eigenvalue weighted by atomic mass is 10.2. The van der Waals surface area contributed by atoms with Crippen LogP contribution in [0, 0.1) is 0 Å². The van der Waals surface area contributed by atoms with E-state index in [1.54, 1.807) is 12.2 Å². The van der Waals surface area contributed by atoms with Gasteiger partial charge >= 0.3 is 5.97 Å². The number of amides is 1. The summed E-state index contributed by atoms with van der Waals surface area (Å²) in [6.07, 6.45) is 3.39. The van der Waals surface area contributed by atoms with Gasteiger partial charge < -0.3 is 10.2 Å². The highest BCUT2D eigenvalue weighted by molar-refractivity contribution is 8.18. The van der Waals surface area contributed by atoms with Gasteiger partial charge in [-0.25, -0.2) is 9.79 Å². The molecule has 0 saturated carbocycles. The molecule has 0 atom stereocenters. The molecule has 2 N–H and O–H groups in total. The van der Waals surface area contributed by atoms with Gasteiger partial charge in [-0.2, -0.15) is 0 Å². The van der Waals surface area contributed by atoms with Gasteiger partial charge in [0.2, 0.25) is 0 Å². The SMILES string of the molecule is C=CCN1C(=O)/C(=C/c2ccccc2)SC1=Nc1ccc(C(=O)O)c(O)c1. The molecule has 1 aliphatic heterocycles. The zero-order chi connectivity index (χ0) is 19.4. The number of benzene rings is 2. The highest BCUT2D eigenvalue weighted by atomic mass is 32.2. The maximum atomic E-state index is 12.7. The Kier molecular flexibility index (Phi) is 5.42. The molecule has 0 spiro atoms. The number of aromatic hydroxyl groups is 1. The van der Waals surface area contributed by atoms with Crippen LogP contribution in [0.2, 0.25) is 0 Å². The molecule has 0 aromatic heterocycles. The number of rotatable bonds is 5. The first-order valence-electron chi connectivity index (χ1n) is 8.02. The van der Waals surface area contributed by atoms with Crippen molar-refractivity contribution in [3.63, 3.8) is 0 Å². The zero-order valence-electron chi connectivity index (χ0n) is 14.2. The predicted molar refractivity (Wildman–Crippen MR) is 106 cm³/mol. The number of hydrogen-bond acceptors (Lipinski definition) is 5. The minimum Gasteiger partial charge on any atom is -0.507 e. The number of phenols is 1. The third-order valence-electron chi connectivity index (χ3n) is 3.73. The number of hydrogen-bond donors (Lipinski definition) is 2. The van der Waals surface area contributed by atoms with E-state index in [9.17, 15) is 14.7 Å². The molecule has 1 heterocycles. The van der Waals surface area contributed by atoms with E-state index in [1.807, 2.05) is 30.3 Å². The lowest BCUT2D eigenvalue weighted by Crippen LogP contribution is -2.29. The van der Waals surface area contributed by atoms with E-state index in [4.69, 9.17) is 5.11 Å². The molecule has 7 heteroatoms. The Labute approximate surface area is 160 Å². The monoisotopic (exact) mass is 380 g/mol. The summed E-state index contributed by atoms with van der Waals surface area (Å²) in [4.78, 5) is 30.1. The average molecular weight is 380 g/mol. The largest absolute Gasteiger partial charge is 0.507 e. The second kappa shape index (κ2) is 7.92. The van der Waals surface area contributed by atoms with Gasteiger partial charge in [-0.15, -0.1) is 6.58 Å². The van der Waals surface area contributed by atoms with Crippen molar-refractivity contribution in [1.82, 2.24) is 4.90 Å². The smallest absolute Gasteiger partial charge is 0.339 e. The topological polar surface area (TPSA) is 90.2 Å². The van der Waals surface area contributed by atoms with Crippen LogP contribution in [0.4, 0.5) is 5.69 Å². The van der Waals surface area contributed by atoms with Crippen molar-refractivity contribution in [1.29, 1.82) is 0 Å². The Morgan fingerprint density at radius 1 is 1.22 bits per heavy atom. The first-order chi connectivity index (χ1) is 13.0. The summed E-state index contributed by atoms with van der Waals surface area (Å²) in [6, 6.07) is 13.5. The van der Waals surface area contributed by atoms with Crippen LogP contribution in [0.5, 0.6) is 5.75 Å². The molecule has 2 aromatic rings. The van der Waals surface area contributed by atoms with E-state index in [0.717, 1.165) is 5.56 Å². The van der Waals surface area contributed by atoms with Gasteiger partial charge in [-0.05, 0) is 35.5 Å². The van der Waals surface area contributed by atoms with Gasteiger partial charge in [-0.3, -0.25) is 9.69 Å². The number of carboxylic acids is 1. The van der Waals surface area contributed by atoms with Gasteiger partial charge in [0.05, 0.1) is 10.6 Å². The molecular weight excluding hydrogens is 364 g/mol. The Morgan fingerprint density at radius 2 is 1.96 bits per heavy atom. The van der Waals surface area contributed by atoms with Crippen LogP contribution >= 0.6 is 11.8 Å². The van der Waals surface area contributed by atoms with Crippen LogP contribution in [-0.4, -0.2) is 38.7 Å². The maximum Gasteiger partial charge on any atom is 0.339 e. The summed E-state index contributed by atoms with van der Waals surface area (Å²) in [5.41, 5.74) is 1.04. The Balaban J connectivity index is 1.96. The van der Waals surface area contributed by atoms with Crippen molar-refractivity contribution < 1.29 is 19.8 Å². The molecule has 3 rings (SSSR count). The van der Waals surface area contributed by atoms with E-state index >= 15 is 0 Å². The van der Waals surface area contributed by atoms with Crippen molar-refractivity contribution in [2.24, 2.45) is 4.99 Å². The first-order valence-corrected chi connectivity index (χ1v) is 8.83. The summed E-state index contributed by atoms with van der Waals surface area (Å²) in [6.45, 7) is 3.96. The number of thioether (sulfide) groups is 1. The number of aliphatic imine (C=N–C) groups is 1. The number of amidine groups is 1. The quantitative estimate of drug-likeness (QED) is 0.607. The Bertz CT molecular complexity index is 967. The van der Waals surface area contributed by atoms with Gasteiger partial charge in [0.15, 0.2) is 5.17 Å². The predicted octanol–water partition coefficient (Wildman–Crippen LogP) is 3.88. The van der Waals surface area contributed by atoms with Gasteiger partial charge in [-0.1, -0.05) is 36.4 Å². The fraction of sp³-hybridized carbons (Fsp3) is 0.0500. The lowest BCUT2D eigenvalue weighted by molar-refractivity contribution is -0.121. The van der Waals surface area contributed by atoms with Crippen LogP contribution in [-0.2, 0) is 4.79 Å². The fourth-order valence-electron chi connectivity index (χ4n) is 2.46. The molecule has 1 aliphatic rings. The van der Waals surface area contributed by atoms with Crippen molar-refractivity contribution in [2.75, 3.05) is 6.54 Å². The van der Waals surface area contributed by atoms with Crippen LogP contribution in [0.1, 0.15) is 15.9 Å². The molecule has 0 radical (unpaired) electrons. The van der Waals surface area contributed by atoms with E-state index in [0.29, 0.717) is 15.8 Å². The van der Waals surface area contributed by atoms with Gasteiger partial charge in [0.1, 0.15) is 11.3 Å². The molecule has 6 nitrogen and oxygen atoms in total. The molecule has 1 fully saturated rings. The molecule has 0 unspecified atom stereocenters. The van der Waals surface area contributed by atoms with Crippen molar-refractivity contribution in [3.05, 3.63) is 77.2 Å². The van der Waals surface area contributed by atoms with Crippen LogP contribution < -0.4 is 0 Å². The number of carbonyl (C=O) groups excluding carboxylic acids is 1. The van der Waals surface area contributed by atoms with Crippen molar-refractivity contribution >= 4 is 40.6 Å². The highest BCUT2D eigenvalue weighted by Gasteiger charge is 2.32. The molecule has 136 valence electrons. The second-order valence-electron chi connectivity index (χ2n) is 5.63. The molecule has 0 bridgehead atoms. The standard InChI is InChI=1S/C20H16N2O4S/c1-2-10-22-18(24)17(11-13-6-4-3-5-7-13)27-20(22)21-14-8-9-15(19(25)26)16(23)12-14/h2-9,11-12,23H,1,10H2,(H,25,26)/b17-11-,21-20?. The lowest BCUT2D eigenvalue weighted by Gasteiger charge is -2.12. The number of carbonyl (C=O) groups is 2. The Morgan fingerprint density at radius 3 is 2.59 bits per heavy atom. The van der Waals surface area contributed by atoms with E-state index < -0.39 is 5.97 Å². The first kappa shape index (κ1) is 18.5. The summed E-state index contributed by atoms with van der Waals surface area (Å²) in [7, 11) is 0. The number of carboxylic acid groups (broad SMARTS) is 1. The summed E-state index contributed by atoms with van der Waals surface area (Å²) < 4.78 is 0. The normalized spacial score (nSPS) is 16.9. The van der Waals surface area contributed by atoms with Gasteiger partial charge in [0, 0.05) is 12.6 Å². The molecule has 1 amide bonds. The number of aromatic carboxylic acids is 1. The van der Waals surface area contributed by atoms with E-state index in [-0.39, 0.29) is 23.8 Å². The Hall–Kier alpha value is -3.32. The van der Waals surface area contributed by atoms with E-state index in [2.05, 4.69) is 11.6 Å². The third-order valence-corrected chi connectivity index (χ3v) is 4.74. The summed E-state index contributed by atoms with van der Waals surface area (Å²) in [5.74, 6) is -1.79. The average Bonchev–Trinajstić information content (AvgIpc) is 2.91. The minimum absolute atomic E-state index is 0.186. The summed E-state index contributed by atoms with van der Waals surface area (Å²) >= 11 is 1.21. The molecule has 1 saturated heterocycles. The number of nitrogens with zero attached hydrogens (tertiary/aromatic N) is 2. The highest BCUT2D eigenvalue weighted by Crippen LogP contribution is 2.35. The van der Waals surface area contributed by atoms with Crippen molar-refractivity contribution in [3.8, 4) is 5.75 Å². The van der Waals surface area contributed by atoms with Crippen LogP contribution in [0.3, 0.4) is 0 Å². The molecule has 0 aliphatic carbocycles. The molecule has 2 aromatic carbocycles. The van der Waals surface area contributed by atoms with Crippen LogP contribution in [0.15, 0.2) is 71.1 Å². The molecular formula is C20H16N2O4S. The van der Waals surface area contributed by atoms with E-state index in [1.165, 1.54) is 34.9 Å². The van der Waals surface area contributed by atoms with Crippen LogP contribution in [0.25, 0.3) is 6.08 Å². The minimum atomic E-state index is -1.22. The zero-order valence-corrected chi connectivity index (χ0v) is 15.0. The van der Waals surface area contributed by atoms with Gasteiger partial charge in [0.25, 0.3) is 5.91 Å².